The van der Waals surface area contributed by atoms with Crippen molar-refractivity contribution in [1.29, 1.82) is 0 Å². The van der Waals surface area contributed by atoms with E-state index in [1.807, 2.05) is 0 Å². The normalized spacial score (nSPS) is 34.2. The summed E-state index contributed by atoms with van der Waals surface area (Å²) in [5.74, 6) is 0.561. The van der Waals surface area contributed by atoms with Gasteiger partial charge in [0.15, 0.2) is 0 Å². The van der Waals surface area contributed by atoms with Crippen LogP contribution in [-0.2, 0) is 0 Å². The first kappa shape index (κ1) is 8.02. The van der Waals surface area contributed by atoms with Gasteiger partial charge < -0.3 is 10.4 Å². The van der Waals surface area contributed by atoms with Crippen LogP contribution in [0.15, 0.2) is 0 Å². The molecule has 1 aliphatic rings. The molecule has 0 radical (unpaired) electrons. The highest BCUT2D eigenvalue weighted by molar-refractivity contribution is 4.76. The van der Waals surface area contributed by atoms with Crippen molar-refractivity contribution < 1.29 is 5.11 Å². The van der Waals surface area contributed by atoms with E-state index in [2.05, 4.69) is 12.2 Å². The molecule has 0 aromatic rings. The first-order chi connectivity index (χ1) is 4.86. The molecule has 1 fully saturated rings. The number of hydrogen-bond donors (Lipinski definition) is 2. The predicted octanol–water partition coefficient (Wildman–Crippen LogP) is 0.757. The molecule has 10 heavy (non-hydrogen) atoms. The number of nitrogens with one attached hydrogen (secondary N) is 1. The van der Waals surface area contributed by atoms with E-state index in [0.29, 0.717) is 18.6 Å². The summed E-state index contributed by atoms with van der Waals surface area (Å²) in [7, 11) is 0. The summed E-state index contributed by atoms with van der Waals surface area (Å²) in [6, 6.07) is 0.658. The summed E-state index contributed by atoms with van der Waals surface area (Å²) in [6.45, 7) is 3.65. The zero-order valence-electron chi connectivity index (χ0n) is 6.64. The molecule has 60 valence electrons. The van der Waals surface area contributed by atoms with Crippen molar-refractivity contribution in [3.8, 4) is 0 Å². The SMILES string of the molecule is CCC1CC(CO)CCN1. The fourth-order valence-corrected chi connectivity index (χ4v) is 1.57. The van der Waals surface area contributed by atoms with Gasteiger partial charge in [0.1, 0.15) is 0 Å². The van der Waals surface area contributed by atoms with Gasteiger partial charge in [-0.3, -0.25) is 0 Å². The predicted molar refractivity (Wildman–Crippen MR) is 41.9 cm³/mol. The quantitative estimate of drug-likeness (QED) is 0.598. The first-order valence-corrected chi connectivity index (χ1v) is 4.21. The van der Waals surface area contributed by atoms with Crippen molar-refractivity contribution in [2.45, 2.75) is 32.2 Å². The Labute approximate surface area is 62.6 Å². The van der Waals surface area contributed by atoms with Crippen molar-refractivity contribution in [2.75, 3.05) is 13.2 Å². The van der Waals surface area contributed by atoms with Gasteiger partial charge in [-0.1, -0.05) is 6.92 Å². The van der Waals surface area contributed by atoms with Crippen molar-refractivity contribution in [3.05, 3.63) is 0 Å². The summed E-state index contributed by atoms with van der Waals surface area (Å²) in [4.78, 5) is 0. The maximum absolute atomic E-state index is 8.88. The molecule has 0 aromatic carbocycles. The van der Waals surface area contributed by atoms with E-state index in [1.165, 1.54) is 6.42 Å². The smallest absolute Gasteiger partial charge is 0.0460 e. The average Bonchev–Trinajstić information content (AvgIpc) is 2.05. The van der Waals surface area contributed by atoms with Gasteiger partial charge in [0.05, 0.1) is 0 Å². The van der Waals surface area contributed by atoms with Crippen molar-refractivity contribution in [2.24, 2.45) is 5.92 Å². The average molecular weight is 143 g/mol. The molecule has 1 heterocycles. The molecule has 1 rings (SSSR count). The van der Waals surface area contributed by atoms with Crippen LogP contribution in [0.1, 0.15) is 26.2 Å². The Bertz CT molecular complexity index is 85.3. The maximum Gasteiger partial charge on any atom is 0.0460 e. The van der Waals surface area contributed by atoms with Crippen LogP contribution < -0.4 is 5.32 Å². The monoisotopic (exact) mass is 143 g/mol. The maximum atomic E-state index is 8.88. The molecule has 0 spiro atoms. The van der Waals surface area contributed by atoms with Crippen molar-refractivity contribution >= 4 is 0 Å². The van der Waals surface area contributed by atoms with Crippen LogP contribution in [0.25, 0.3) is 0 Å². The van der Waals surface area contributed by atoms with Gasteiger partial charge in [-0.25, -0.2) is 0 Å². The van der Waals surface area contributed by atoms with Gasteiger partial charge in [0.2, 0.25) is 0 Å². The fraction of sp³-hybridized carbons (Fsp3) is 1.00. The Morgan fingerprint density at radius 2 is 2.40 bits per heavy atom. The van der Waals surface area contributed by atoms with Crippen molar-refractivity contribution in [3.63, 3.8) is 0 Å². The zero-order chi connectivity index (χ0) is 7.40. The third-order valence-corrected chi connectivity index (χ3v) is 2.35. The van der Waals surface area contributed by atoms with Crippen LogP contribution in [0.4, 0.5) is 0 Å². The van der Waals surface area contributed by atoms with E-state index in [-0.39, 0.29) is 0 Å². The van der Waals surface area contributed by atoms with E-state index in [9.17, 15) is 0 Å². The summed E-state index contributed by atoms with van der Waals surface area (Å²) < 4.78 is 0. The van der Waals surface area contributed by atoms with Crippen LogP contribution in [0, 0.1) is 5.92 Å². The number of piperidine rings is 1. The Morgan fingerprint density at radius 3 is 3.00 bits per heavy atom. The summed E-state index contributed by atoms with van der Waals surface area (Å²) in [5, 5.41) is 12.3. The van der Waals surface area contributed by atoms with Crippen molar-refractivity contribution in [1.82, 2.24) is 5.32 Å². The lowest BCUT2D eigenvalue weighted by Crippen LogP contribution is -2.38. The lowest BCUT2D eigenvalue weighted by molar-refractivity contribution is 0.174. The van der Waals surface area contributed by atoms with Crippen LogP contribution in [-0.4, -0.2) is 24.3 Å². The van der Waals surface area contributed by atoms with Gasteiger partial charge in [-0.15, -0.1) is 0 Å². The third-order valence-electron chi connectivity index (χ3n) is 2.35. The first-order valence-electron chi connectivity index (χ1n) is 4.21. The van der Waals surface area contributed by atoms with Gasteiger partial charge >= 0.3 is 0 Å². The summed E-state index contributed by atoms with van der Waals surface area (Å²) in [6.07, 6.45) is 3.50. The van der Waals surface area contributed by atoms with Gasteiger partial charge in [0.25, 0.3) is 0 Å². The number of aliphatic hydroxyl groups excluding tert-OH is 1. The lowest BCUT2D eigenvalue weighted by Gasteiger charge is -2.28. The van der Waals surface area contributed by atoms with E-state index in [0.717, 1.165) is 19.4 Å². The van der Waals surface area contributed by atoms with Crippen LogP contribution in [0.3, 0.4) is 0 Å². The number of aliphatic hydroxyl groups is 1. The molecule has 2 heteroatoms. The Kier molecular flexibility index (Phi) is 3.16. The van der Waals surface area contributed by atoms with E-state index < -0.39 is 0 Å². The molecule has 2 atom stereocenters. The minimum Gasteiger partial charge on any atom is -0.396 e. The van der Waals surface area contributed by atoms with Crippen LogP contribution in [0.2, 0.25) is 0 Å². The molecule has 0 amide bonds. The molecule has 1 saturated heterocycles. The Hall–Kier alpha value is -0.0800. The van der Waals surface area contributed by atoms with Gasteiger partial charge in [0, 0.05) is 12.6 Å². The van der Waals surface area contributed by atoms with E-state index in [1.54, 1.807) is 0 Å². The molecule has 2 nitrogen and oxygen atoms in total. The van der Waals surface area contributed by atoms with Crippen LogP contribution >= 0.6 is 0 Å². The van der Waals surface area contributed by atoms with Gasteiger partial charge in [-0.2, -0.15) is 0 Å². The molecule has 0 bridgehead atoms. The molecular formula is C8H17NO. The molecule has 2 N–H and O–H groups in total. The minimum absolute atomic E-state index is 0.373. The minimum atomic E-state index is 0.373. The van der Waals surface area contributed by atoms with E-state index in [4.69, 9.17) is 5.11 Å². The molecule has 0 aliphatic carbocycles. The highest BCUT2D eigenvalue weighted by Crippen LogP contribution is 2.16. The second-order valence-corrected chi connectivity index (χ2v) is 3.13. The highest BCUT2D eigenvalue weighted by atomic mass is 16.3. The molecule has 0 aromatic heterocycles. The fourth-order valence-electron chi connectivity index (χ4n) is 1.57. The summed E-state index contributed by atoms with van der Waals surface area (Å²) >= 11 is 0. The largest absolute Gasteiger partial charge is 0.396 e. The Balaban J connectivity index is 2.25. The second kappa shape index (κ2) is 3.94. The third kappa shape index (κ3) is 1.96. The number of hydrogen-bond acceptors (Lipinski definition) is 2. The zero-order valence-corrected chi connectivity index (χ0v) is 6.64. The van der Waals surface area contributed by atoms with E-state index >= 15 is 0 Å². The standard InChI is InChI=1S/C8H17NO/c1-2-8-5-7(6-10)3-4-9-8/h7-10H,2-6H2,1H3. The number of rotatable bonds is 2. The molecular weight excluding hydrogens is 126 g/mol. The van der Waals surface area contributed by atoms with Gasteiger partial charge in [-0.05, 0) is 31.7 Å². The summed E-state index contributed by atoms with van der Waals surface area (Å²) in [5.41, 5.74) is 0. The second-order valence-electron chi connectivity index (χ2n) is 3.13. The molecule has 0 saturated carbocycles. The topological polar surface area (TPSA) is 32.3 Å². The Morgan fingerprint density at radius 1 is 1.60 bits per heavy atom. The molecule has 2 unspecified atom stereocenters. The van der Waals surface area contributed by atoms with Crippen LogP contribution in [0.5, 0.6) is 0 Å². The highest BCUT2D eigenvalue weighted by Gasteiger charge is 2.18. The lowest BCUT2D eigenvalue weighted by atomic mass is 9.92. The molecule has 1 aliphatic heterocycles.